The van der Waals surface area contributed by atoms with Crippen molar-refractivity contribution in [2.75, 3.05) is 24.2 Å². The number of nitrogen functional groups attached to an aromatic ring is 1. The highest BCUT2D eigenvalue weighted by Gasteiger charge is 2.22. The molecule has 0 radical (unpaired) electrons. The maximum absolute atomic E-state index is 11.9. The fraction of sp³-hybridized carbons (Fsp3) is 0.385. The molecule has 1 rings (SSSR count). The Kier molecular flexibility index (Phi) is 5.39. The first-order chi connectivity index (χ1) is 9.01. The van der Waals surface area contributed by atoms with Crippen molar-refractivity contribution >= 4 is 28.0 Å². The Morgan fingerprint density at radius 3 is 2.79 bits per heavy atom. The Hall–Kier alpha value is -2.00. The summed E-state index contributed by atoms with van der Waals surface area (Å²) in [5.74, 6) is -0.502. The minimum Gasteiger partial charge on any atom is -0.462 e. The second-order valence-corrected chi connectivity index (χ2v) is 5.06. The Labute approximate surface area is 116 Å². The van der Waals surface area contributed by atoms with Crippen LogP contribution >= 0.6 is 11.3 Å². The molecule has 0 fully saturated rings. The van der Waals surface area contributed by atoms with Gasteiger partial charge in [0.05, 0.1) is 12.3 Å². The summed E-state index contributed by atoms with van der Waals surface area (Å²) >= 11 is 1.16. The largest absolute Gasteiger partial charge is 0.462 e. The molecule has 5 nitrogen and oxygen atoms in total. The van der Waals surface area contributed by atoms with Crippen molar-refractivity contribution in [3.8, 4) is 6.07 Å². The van der Waals surface area contributed by atoms with E-state index in [9.17, 15) is 4.79 Å². The maximum Gasteiger partial charge on any atom is 0.343 e. The molecule has 0 bridgehead atoms. The lowest BCUT2D eigenvalue weighted by Gasteiger charge is -2.06. The molecule has 0 aliphatic rings. The first-order valence-electron chi connectivity index (χ1n) is 5.88. The first-order valence-corrected chi connectivity index (χ1v) is 6.69. The summed E-state index contributed by atoms with van der Waals surface area (Å²) in [6.07, 6.45) is 1.98. The smallest absolute Gasteiger partial charge is 0.343 e. The second kappa shape index (κ2) is 6.81. The molecule has 0 aliphatic heterocycles. The van der Waals surface area contributed by atoms with E-state index >= 15 is 0 Å². The van der Waals surface area contributed by atoms with Crippen molar-refractivity contribution in [1.29, 1.82) is 5.26 Å². The van der Waals surface area contributed by atoms with Gasteiger partial charge in [-0.3, -0.25) is 0 Å². The quantitative estimate of drug-likeness (QED) is 0.639. The van der Waals surface area contributed by atoms with Crippen molar-refractivity contribution in [3.63, 3.8) is 0 Å². The van der Waals surface area contributed by atoms with Gasteiger partial charge in [-0.25, -0.2) is 4.79 Å². The predicted octanol–water partition coefficient (Wildman–Crippen LogP) is 2.76. The SMILES string of the molecule is CCOC(=O)c1c(NCC=C(C)C)sc(C#N)c1N. The number of rotatable bonds is 5. The number of carbonyl (C=O) groups excluding carboxylic acids is 1. The van der Waals surface area contributed by atoms with E-state index in [4.69, 9.17) is 15.7 Å². The average Bonchev–Trinajstić information content (AvgIpc) is 2.65. The number of thiophene rings is 1. The summed E-state index contributed by atoms with van der Waals surface area (Å²) in [7, 11) is 0. The van der Waals surface area contributed by atoms with Crippen molar-refractivity contribution in [2.45, 2.75) is 20.8 Å². The van der Waals surface area contributed by atoms with Crippen LogP contribution < -0.4 is 11.1 Å². The fourth-order valence-electron chi connectivity index (χ4n) is 1.41. The standard InChI is InChI=1S/C13H17N3O2S/c1-4-18-13(17)10-11(15)9(7-14)19-12(10)16-6-5-8(2)3/h5,16H,4,6,15H2,1-3H3. The van der Waals surface area contributed by atoms with Gasteiger partial charge in [-0.1, -0.05) is 11.6 Å². The number of hydrogen-bond donors (Lipinski definition) is 2. The zero-order valence-electron chi connectivity index (χ0n) is 11.2. The van der Waals surface area contributed by atoms with Crippen LogP contribution in [0, 0.1) is 11.3 Å². The number of carbonyl (C=O) groups is 1. The zero-order chi connectivity index (χ0) is 14.4. The van der Waals surface area contributed by atoms with Crippen LogP contribution in [0.5, 0.6) is 0 Å². The van der Waals surface area contributed by atoms with Crippen LogP contribution in [0.4, 0.5) is 10.7 Å². The van der Waals surface area contributed by atoms with Crippen LogP contribution in [0.15, 0.2) is 11.6 Å². The Bertz CT molecular complexity index is 537. The van der Waals surface area contributed by atoms with Crippen LogP contribution in [0.2, 0.25) is 0 Å². The van der Waals surface area contributed by atoms with E-state index < -0.39 is 5.97 Å². The molecule has 3 N–H and O–H groups in total. The van der Waals surface area contributed by atoms with Crippen molar-refractivity contribution in [1.82, 2.24) is 0 Å². The monoisotopic (exact) mass is 279 g/mol. The third-order valence-corrected chi connectivity index (χ3v) is 3.37. The number of anilines is 2. The van der Waals surface area contributed by atoms with E-state index in [1.807, 2.05) is 26.0 Å². The highest BCUT2D eigenvalue weighted by atomic mass is 32.1. The van der Waals surface area contributed by atoms with Gasteiger partial charge < -0.3 is 15.8 Å². The first kappa shape index (κ1) is 15.1. The number of allylic oxidation sites excluding steroid dienone is 1. The minimum absolute atomic E-state index is 0.186. The molecule has 0 saturated heterocycles. The Morgan fingerprint density at radius 2 is 2.26 bits per heavy atom. The number of nitrogens with one attached hydrogen (secondary N) is 1. The lowest BCUT2D eigenvalue weighted by Crippen LogP contribution is -2.10. The molecule has 6 heteroatoms. The van der Waals surface area contributed by atoms with Crippen LogP contribution in [-0.4, -0.2) is 19.1 Å². The summed E-state index contributed by atoms with van der Waals surface area (Å²) in [6, 6.07) is 1.98. The van der Waals surface area contributed by atoms with Gasteiger partial charge in [0.1, 0.15) is 21.5 Å². The predicted molar refractivity (Wildman–Crippen MR) is 77.3 cm³/mol. The lowest BCUT2D eigenvalue weighted by atomic mass is 10.2. The zero-order valence-corrected chi connectivity index (χ0v) is 12.1. The van der Waals surface area contributed by atoms with Gasteiger partial charge in [-0.2, -0.15) is 5.26 Å². The number of nitriles is 1. The molecule has 0 aromatic carbocycles. The summed E-state index contributed by atoms with van der Waals surface area (Å²) in [5.41, 5.74) is 7.41. The van der Waals surface area contributed by atoms with E-state index in [1.54, 1.807) is 6.92 Å². The van der Waals surface area contributed by atoms with Gasteiger partial charge in [0, 0.05) is 6.54 Å². The van der Waals surface area contributed by atoms with Gasteiger partial charge >= 0.3 is 5.97 Å². The highest BCUT2D eigenvalue weighted by Crippen LogP contribution is 2.35. The third kappa shape index (κ3) is 3.73. The molecular weight excluding hydrogens is 262 g/mol. The van der Waals surface area contributed by atoms with E-state index in [-0.39, 0.29) is 17.9 Å². The molecule has 0 aliphatic carbocycles. The van der Waals surface area contributed by atoms with E-state index in [0.717, 1.165) is 16.9 Å². The summed E-state index contributed by atoms with van der Waals surface area (Å²) < 4.78 is 4.96. The minimum atomic E-state index is -0.502. The summed E-state index contributed by atoms with van der Waals surface area (Å²) in [5, 5.41) is 12.6. The molecule has 0 saturated carbocycles. The van der Waals surface area contributed by atoms with E-state index in [2.05, 4.69) is 5.32 Å². The molecule has 102 valence electrons. The lowest BCUT2D eigenvalue weighted by molar-refractivity contribution is 0.0529. The van der Waals surface area contributed by atoms with Gasteiger partial charge in [-0.15, -0.1) is 11.3 Å². The third-order valence-electron chi connectivity index (χ3n) is 2.30. The van der Waals surface area contributed by atoms with Crippen LogP contribution in [0.3, 0.4) is 0 Å². The van der Waals surface area contributed by atoms with Crippen molar-refractivity contribution < 1.29 is 9.53 Å². The van der Waals surface area contributed by atoms with Gasteiger partial charge in [0.15, 0.2) is 0 Å². The Balaban J connectivity index is 3.05. The molecule has 1 aromatic heterocycles. The second-order valence-electron chi connectivity index (χ2n) is 4.04. The maximum atomic E-state index is 11.9. The van der Waals surface area contributed by atoms with Crippen LogP contribution in [-0.2, 0) is 4.74 Å². The van der Waals surface area contributed by atoms with Gasteiger partial charge in [-0.05, 0) is 20.8 Å². The normalized spacial score (nSPS) is 9.58. The number of hydrogen-bond acceptors (Lipinski definition) is 6. The average molecular weight is 279 g/mol. The van der Waals surface area contributed by atoms with Gasteiger partial charge in [0.25, 0.3) is 0 Å². The van der Waals surface area contributed by atoms with Crippen molar-refractivity contribution in [2.24, 2.45) is 0 Å². The highest BCUT2D eigenvalue weighted by molar-refractivity contribution is 7.17. The van der Waals surface area contributed by atoms with Crippen molar-refractivity contribution in [3.05, 3.63) is 22.1 Å². The molecule has 0 unspecified atom stereocenters. The van der Waals surface area contributed by atoms with Crippen LogP contribution in [0.25, 0.3) is 0 Å². The summed E-state index contributed by atoms with van der Waals surface area (Å²) in [6.45, 7) is 6.53. The Morgan fingerprint density at radius 1 is 1.58 bits per heavy atom. The molecule has 1 heterocycles. The molecule has 1 aromatic rings. The summed E-state index contributed by atoms with van der Waals surface area (Å²) in [4.78, 5) is 12.2. The van der Waals surface area contributed by atoms with Crippen LogP contribution in [0.1, 0.15) is 36.0 Å². The molecule has 19 heavy (non-hydrogen) atoms. The molecule has 0 amide bonds. The molecular formula is C13H17N3O2S. The number of nitrogens with two attached hydrogens (primary N) is 1. The number of nitrogens with zero attached hydrogens (tertiary/aromatic N) is 1. The molecule has 0 atom stereocenters. The van der Waals surface area contributed by atoms with E-state index in [1.165, 1.54) is 0 Å². The van der Waals surface area contributed by atoms with Gasteiger partial charge in [0.2, 0.25) is 0 Å². The number of ether oxygens (including phenoxy) is 1. The van der Waals surface area contributed by atoms with E-state index in [0.29, 0.717) is 16.4 Å². The number of esters is 1. The fourth-order valence-corrected chi connectivity index (χ4v) is 2.32. The topological polar surface area (TPSA) is 88.1 Å². The molecule has 0 spiro atoms.